The first-order valence-corrected chi connectivity index (χ1v) is 9.59. The number of sulfonamides is 1. The molecule has 1 amide bonds. The van der Waals surface area contributed by atoms with E-state index in [4.69, 9.17) is 0 Å². The van der Waals surface area contributed by atoms with E-state index >= 15 is 0 Å². The maximum absolute atomic E-state index is 12.5. The molecule has 0 aliphatic rings. The number of carbonyl (C=O) groups excluding carboxylic acids is 1. The number of nitrogens with zero attached hydrogens (tertiary/aromatic N) is 1. The predicted octanol–water partition coefficient (Wildman–Crippen LogP) is 3.58. The zero-order chi connectivity index (χ0) is 19.3. The van der Waals surface area contributed by atoms with Gasteiger partial charge in [0.1, 0.15) is 5.82 Å². The van der Waals surface area contributed by atoms with Crippen LogP contribution in [0, 0.1) is 0 Å². The maximum atomic E-state index is 12.5. The first-order valence-electron chi connectivity index (χ1n) is 8.11. The van der Waals surface area contributed by atoms with Crippen molar-refractivity contribution >= 4 is 38.8 Å². The number of anilines is 4. The molecule has 0 aliphatic heterocycles. The second-order valence-corrected chi connectivity index (χ2v) is 7.42. The Morgan fingerprint density at radius 3 is 2.11 bits per heavy atom. The van der Waals surface area contributed by atoms with Gasteiger partial charge >= 0.3 is 0 Å². The summed E-state index contributed by atoms with van der Waals surface area (Å²) in [5, 5.41) is 5.71. The third-order valence-corrected chi connectivity index (χ3v) is 4.94. The molecule has 3 N–H and O–H groups in total. The van der Waals surface area contributed by atoms with Crippen LogP contribution < -0.4 is 15.4 Å². The molecular formula is C19H18N4O3S. The quantitative estimate of drug-likeness (QED) is 0.605. The molecule has 138 valence electrons. The van der Waals surface area contributed by atoms with Gasteiger partial charge < -0.3 is 10.6 Å². The molecule has 0 radical (unpaired) electrons. The molecule has 0 saturated carbocycles. The second kappa shape index (κ2) is 7.88. The molecule has 7 nitrogen and oxygen atoms in total. The van der Waals surface area contributed by atoms with Crippen molar-refractivity contribution in [1.29, 1.82) is 0 Å². The van der Waals surface area contributed by atoms with Crippen molar-refractivity contribution < 1.29 is 13.2 Å². The summed E-state index contributed by atoms with van der Waals surface area (Å²) >= 11 is 0. The monoisotopic (exact) mass is 382 g/mol. The standard InChI is InChI=1S/C19H18N4O3S/c1-14(24)21-16-7-10-18(11-8-16)27(25,26)23-17-9-12-19(20-13-17)22-15-5-3-2-4-6-15/h2-13,23H,1H3,(H,20,22)(H,21,24). The van der Waals surface area contributed by atoms with E-state index in [-0.39, 0.29) is 10.8 Å². The Morgan fingerprint density at radius 2 is 1.52 bits per heavy atom. The maximum Gasteiger partial charge on any atom is 0.261 e. The molecule has 27 heavy (non-hydrogen) atoms. The fourth-order valence-electron chi connectivity index (χ4n) is 2.33. The molecule has 1 aromatic heterocycles. The highest BCUT2D eigenvalue weighted by Gasteiger charge is 2.14. The Balaban J connectivity index is 1.69. The van der Waals surface area contributed by atoms with E-state index in [1.807, 2.05) is 30.3 Å². The minimum Gasteiger partial charge on any atom is -0.340 e. The summed E-state index contributed by atoms with van der Waals surface area (Å²) in [6, 6.07) is 18.8. The number of rotatable bonds is 6. The number of pyridine rings is 1. The molecule has 0 spiro atoms. The van der Waals surface area contributed by atoms with Crippen LogP contribution in [0.3, 0.4) is 0 Å². The normalized spacial score (nSPS) is 10.9. The Hall–Kier alpha value is -3.39. The lowest BCUT2D eigenvalue weighted by Gasteiger charge is -2.10. The number of benzene rings is 2. The first-order chi connectivity index (χ1) is 12.9. The number of hydrogen-bond acceptors (Lipinski definition) is 5. The molecule has 0 atom stereocenters. The topological polar surface area (TPSA) is 100 Å². The fourth-order valence-corrected chi connectivity index (χ4v) is 3.38. The lowest BCUT2D eigenvalue weighted by atomic mass is 10.3. The number of hydrogen-bond donors (Lipinski definition) is 3. The van der Waals surface area contributed by atoms with Crippen LogP contribution in [0.1, 0.15) is 6.92 Å². The summed E-state index contributed by atoms with van der Waals surface area (Å²) in [5.41, 5.74) is 1.76. The van der Waals surface area contributed by atoms with E-state index in [9.17, 15) is 13.2 Å². The average molecular weight is 382 g/mol. The Labute approximate surface area is 157 Å². The first kappa shape index (κ1) is 18.4. The number of nitrogens with one attached hydrogen (secondary N) is 3. The van der Waals surface area contributed by atoms with Gasteiger partial charge in [-0.1, -0.05) is 18.2 Å². The van der Waals surface area contributed by atoms with E-state index in [1.165, 1.54) is 37.4 Å². The van der Waals surface area contributed by atoms with Gasteiger partial charge in [0.15, 0.2) is 0 Å². The van der Waals surface area contributed by atoms with E-state index in [1.54, 1.807) is 12.1 Å². The average Bonchev–Trinajstić information content (AvgIpc) is 2.64. The van der Waals surface area contributed by atoms with Crippen LogP contribution in [0.15, 0.2) is 77.8 Å². The minimum atomic E-state index is -3.75. The molecule has 3 aromatic rings. The van der Waals surface area contributed by atoms with Gasteiger partial charge in [0.25, 0.3) is 10.0 Å². The summed E-state index contributed by atoms with van der Waals surface area (Å²) in [5.74, 6) is 0.378. The highest BCUT2D eigenvalue weighted by Crippen LogP contribution is 2.20. The Morgan fingerprint density at radius 1 is 0.852 bits per heavy atom. The molecule has 0 saturated heterocycles. The van der Waals surface area contributed by atoms with Gasteiger partial charge in [0, 0.05) is 18.3 Å². The lowest BCUT2D eigenvalue weighted by Crippen LogP contribution is -2.13. The van der Waals surface area contributed by atoms with Crippen molar-refractivity contribution in [3.05, 3.63) is 72.9 Å². The molecule has 8 heteroatoms. The fraction of sp³-hybridized carbons (Fsp3) is 0.0526. The van der Waals surface area contributed by atoms with E-state index in [2.05, 4.69) is 20.3 Å². The van der Waals surface area contributed by atoms with Crippen LogP contribution in [-0.2, 0) is 14.8 Å². The van der Waals surface area contributed by atoms with Gasteiger partial charge in [0.05, 0.1) is 16.8 Å². The number of amides is 1. The van der Waals surface area contributed by atoms with Gasteiger partial charge in [-0.15, -0.1) is 0 Å². The summed E-state index contributed by atoms with van der Waals surface area (Å²) in [6.45, 7) is 1.38. The van der Waals surface area contributed by atoms with E-state index < -0.39 is 10.0 Å². The lowest BCUT2D eigenvalue weighted by molar-refractivity contribution is -0.114. The largest absolute Gasteiger partial charge is 0.340 e. The zero-order valence-electron chi connectivity index (χ0n) is 14.5. The van der Waals surface area contributed by atoms with Crippen molar-refractivity contribution in [2.75, 3.05) is 15.4 Å². The van der Waals surface area contributed by atoms with Crippen LogP contribution in [0.5, 0.6) is 0 Å². The molecular weight excluding hydrogens is 364 g/mol. The van der Waals surface area contributed by atoms with Crippen LogP contribution in [-0.4, -0.2) is 19.3 Å². The summed E-state index contributed by atoms with van der Waals surface area (Å²) in [4.78, 5) is 15.3. The molecule has 1 heterocycles. The van der Waals surface area contributed by atoms with E-state index in [0.717, 1.165) is 5.69 Å². The molecule has 0 bridgehead atoms. The highest BCUT2D eigenvalue weighted by molar-refractivity contribution is 7.92. The summed E-state index contributed by atoms with van der Waals surface area (Å²) in [6.07, 6.45) is 1.44. The van der Waals surface area contributed by atoms with Crippen LogP contribution >= 0.6 is 0 Å². The van der Waals surface area contributed by atoms with E-state index in [0.29, 0.717) is 17.2 Å². The predicted molar refractivity (Wildman–Crippen MR) is 106 cm³/mol. The molecule has 0 aliphatic carbocycles. The smallest absolute Gasteiger partial charge is 0.261 e. The summed E-state index contributed by atoms with van der Waals surface area (Å²) < 4.78 is 27.4. The van der Waals surface area contributed by atoms with Crippen molar-refractivity contribution in [3.8, 4) is 0 Å². The van der Waals surface area contributed by atoms with Crippen molar-refractivity contribution in [1.82, 2.24) is 4.98 Å². The van der Waals surface area contributed by atoms with Gasteiger partial charge in [-0.05, 0) is 48.5 Å². The third-order valence-electron chi connectivity index (χ3n) is 3.55. The van der Waals surface area contributed by atoms with Crippen LogP contribution in [0.25, 0.3) is 0 Å². The van der Waals surface area contributed by atoms with Crippen molar-refractivity contribution in [2.45, 2.75) is 11.8 Å². The zero-order valence-corrected chi connectivity index (χ0v) is 15.3. The molecule has 0 unspecified atom stereocenters. The van der Waals surface area contributed by atoms with Crippen LogP contribution in [0.4, 0.5) is 22.9 Å². The third kappa shape index (κ3) is 5.05. The van der Waals surface area contributed by atoms with Crippen LogP contribution in [0.2, 0.25) is 0 Å². The Bertz CT molecular complexity index is 1020. The van der Waals surface area contributed by atoms with Gasteiger partial charge in [0.2, 0.25) is 5.91 Å². The molecule has 0 fully saturated rings. The minimum absolute atomic E-state index is 0.0862. The SMILES string of the molecule is CC(=O)Nc1ccc(S(=O)(=O)Nc2ccc(Nc3ccccc3)nc2)cc1. The molecule has 3 rings (SSSR count). The number of para-hydroxylation sites is 1. The highest BCUT2D eigenvalue weighted by atomic mass is 32.2. The number of carbonyl (C=O) groups is 1. The molecule has 2 aromatic carbocycles. The van der Waals surface area contributed by atoms with Crippen molar-refractivity contribution in [2.24, 2.45) is 0 Å². The van der Waals surface area contributed by atoms with Gasteiger partial charge in [-0.3, -0.25) is 9.52 Å². The Kier molecular flexibility index (Phi) is 5.37. The van der Waals surface area contributed by atoms with Gasteiger partial charge in [-0.2, -0.15) is 0 Å². The second-order valence-electron chi connectivity index (χ2n) is 5.73. The van der Waals surface area contributed by atoms with Crippen molar-refractivity contribution in [3.63, 3.8) is 0 Å². The summed E-state index contributed by atoms with van der Waals surface area (Å²) in [7, 11) is -3.75. The van der Waals surface area contributed by atoms with Gasteiger partial charge in [-0.25, -0.2) is 13.4 Å². The number of aromatic nitrogens is 1.